The van der Waals surface area contributed by atoms with E-state index < -0.39 is 0 Å². The maximum atomic E-state index is 4.41. The van der Waals surface area contributed by atoms with Gasteiger partial charge in [-0.05, 0) is 12.3 Å². The van der Waals surface area contributed by atoms with E-state index in [1.54, 1.807) is 17.7 Å². The van der Waals surface area contributed by atoms with E-state index in [0.717, 1.165) is 48.1 Å². The second kappa shape index (κ2) is 7.93. The standard InChI is InChI=1S/C15H23N5S/c1-4-6-17-14-13(11(2)3)15(20-10-19-14)18-7-5-12-16-8-9-21-12/h8-11H,4-7H2,1-3H3,(H2,17,18,19,20). The zero-order valence-electron chi connectivity index (χ0n) is 12.9. The second-order valence-corrected chi connectivity index (χ2v) is 6.15. The number of thiazole rings is 1. The predicted molar refractivity (Wildman–Crippen MR) is 89.2 cm³/mol. The third-order valence-corrected chi connectivity index (χ3v) is 3.96. The fraction of sp³-hybridized carbons (Fsp3) is 0.533. The highest BCUT2D eigenvalue weighted by Crippen LogP contribution is 2.28. The minimum absolute atomic E-state index is 0.368. The first-order chi connectivity index (χ1) is 10.2. The molecule has 0 radical (unpaired) electrons. The first-order valence-corrected chi connectivity index (χ1v) is 8.31. The van der Waals surface area contributed by atoms with Gasteiger partial charge in [-0.25, -0.2) is 15.0 Å². The lowest BCUT2D eigenvalue weighted by Gasteiger charge is -2.17. The van der Waals surface area contributed by atoms with Crippen molar-refractivity contribution in [3.8, 4) is 0 Å². The normalized spacial score (nSPS) is 10.9. The molecule has 0 bridgehead atoms. The highest BCUT2D eigenvalue weighted by molar-refractivity contribution is 7.09. The van der Waals surface area contributed by atoms with Crippen LogP contribution in [0.1, 0.15) is 43.7 Å². The third kappa shape index (κ3) is 4.39. The lowest BCUT2D eigenvalue weighted by molar-refractivity contribution is 0.837. The first kappa shape index (κ1) is 15.7. The lowest BCUT2D eigenvalue weighted by atomic mass is 10.0. The van der Waals surface area contributed by atoms with Gasteiger partial charge in [0.15, 0.2) is 0 Å². The molecule has 2 rings (SSSR count). The van der Waals surface area contributed by atoms with Gasteiger partial charge in [0.25, 0.3) is 0 Å². The van der Waals surface area contributed by atoms with Crippen LogP contribution in [0.2, 0.25) is 0 Å². The Kier molecular flexibility index (Phi) is 5.92. The number of anilines is 2. The van der Waals surface area contributed by atoms with Gasteiger partial charge in [0.05, 0.1) is 5.01 Å². The minimum Gasteiger partial charge on any atom is -0.370 e. The predicted octanol–water partition coefficient (Wildman–Crippen LogP) is 3.53. The number of rotatable bonds is 8. The van der Waals surface area contributed by atoms with Crippen molar-refractivity contribution in [3.05, 3.63) is 28.5 Å². The second-order valence-electron chi connectivity index (χ2n) is 5.17. The van der Waals surface area contributed by atoms with E-state index in [2.05, 4.69) is 46.4 Å². The molecule has 0 fully saturated rings. The van der Waals surface area contributed by atoms with Crippen molar-refractivity contribution in [3.63, 3.8) is 0 Å². The lowest BCUT2D eigenvalue weighted by Crippen LogP contribution is -2.13. The van der Waals surface area contributed by atoms with Crippen LogP contribution in [0.4, 0.5) is 11.6 Å². The van der Waals surface area contributed by atoms with Crippen molar-refractivity contribution in [2.75, 3.05) is 23.7 Å². The van der Waals surface area contributed by atoms with Gasteiger partial charge in [-0.15, -0.1) is 11.3 Å². The van der Waals surface area contributed by atoms with Crippen molar-refractivity contribution in [2.45, 2.75) is 39.5 Å². The largest absolute Gasteiger partial charge is 0.370 e. The van der Waals surface area contributed by atoms with Crippen LogP contribution >= 0.6 is 11.3 Å². The Morgan fingerprint density at radius 3 is 2.38 bits per heavy atom. The van der Waals surface area contributed by atoms with E-state index in [1.807, 2.05) is 11.6 Å². The van der Waals surface area contributed by atoms with E-state index in [9.17, 15) is 0 Å². The molecule has 0 unspecified atom stereocenters. The van der Waals surface area contributed by atoms with Gasteiger partial charge in [0, 0.05) is 36.7 Å². The number of nitrogens with zero attached hydrogens (tertiary/aromatic N) is 3. The zero-order chi connectivity index (χ0) is 15.1. The average molecular weight is 305 g/mol. The number of hydrogen-bond donors (Lipinski definition) is 2. The third-order valence-electron chi connectivity index (χ3n) is 3.12. The number of aromatic nitrogens is 3. The van der Waals surface area contributed by atoms with Gasteiger partial charge >= 0.3 is 0 Å². The molecule has 21 heavy (non-hydrogen) atoms. The molecule has 2 heterocycles. The van der Waals surface area contributed by atoms with Crippen LogP contribution in [0.25, 0.3) is 0 Å². The summed E-state index contributed by atoms with van der Waals surface area (Å²) in [5.74, 6) is 2.24. The highest BCUT2D eigenvalue weighted by Gasteiger charge is 2.14. The molecular weight excluding hydrogens is 282 g/mol. The van der Waals surface area contributed by atoms with Gasteiger partial charge in [0.2, 0.25) is 0 Å². The smallest absolute Gasteiger partial charge is 0.134 e. The van der Waals surface area contributed by atoms with Crippen molar-refractivity contribution in [2.24, 2.45) is 0 Å². The Bertz CT molecular complexity index is 539. The molecule has 2 N–H and O–H groups in total. The molecule has 0 aromatic carbocycles. The molecule has 0 saturated carbocycles. The van der Waals surface area contributed by atoms with Crippen LogP contribution in [-0.2, 0) is 6.42 Å². The Hall–Kier alpha value is -1.69. The van der Waals surface area contributed by atoms with E-state index in [-0.39, 0.29) is 0 Å². The van der Waals surface area contributed by atoms with E-state index >= 15 is 0 Å². The molecule has 5 nitrogen and oxygen atoms in total. The van der Waals surface area contributed by atoms with Crippen LogP contribution < -0.4 is 10.6 Å². The summed E-state index contributed by atoms with van der Waals surface area (Å²) < 4.78 is 0. The topological polar surface area (TPSA) is 62.7 Å². The molecule has 114 valence electrons. The summed E-state index contributed by atoms with van der Waals surface area (Å²) >= 11 is 1.69. The van der Waals surface area contributed by atoms with Crippen LogP contribution in [0.15, 0.2) is 17.9 Å². The van der Waals surface area contributed by atoms with Gasteiger partial charge in [-0.2, -0.15) is 0 Å². The molecule has 0 aliphatic heterocycles. The molecule has 0 atom stereocenters. The molecule has 0 aliphatic rings. The van der Waals surface area contributed by atoms with E-state index in [4.69, 9.17) is 0 Å². The van der Waals surface area contributed by atoms with Gasteiger partial charge in [-0.1, -0.05) is 20.8 Å². The number of nitrogens with one attached hydrogen (secondary N) is 2. The van der Waals surface area contributed by atoms with Crippen LogP contribution in [0.5, 0.6) is 0 Å². The maximum absolute atomic E-state index is 4.41. The maximum Gasteiger partial charge on any atom is 0.134 e. The summed E-state index contributed by atoms with van der Waals surface area (Å²) in [7, 11) is 0. The monoisotopic (exact) mass is 305 g/mol. The van der Waals surface area contributed by atoms with Crippen molar-refractivity contribution >= 4 is 23.0 Å². The van der Waals surface area contributed by atoms with Gasteiger partial charge in [-0.3, -0.25) is 0 Å². The molecular formula is C15H23N5S. The van der Waals surface area contributed by atoms with Crippen LogP contribution in [0.3, 0.4) is 0 Å². The molecule has 0 spiro atoms. The summed E-state index contributed by atoms with van der Waals surface area (Å²) in [5, 5.41) is 9.96. The zero-order valence-corrected chi connectivity index (χ0v) is 13.7. The quantitative estimate of drug-likeness (QED) is 0.781. The Morgan fingerprint density at radius 1 is 1.10 bits per heavy atom. The van der Waals surface area contributed by atoms with Crippen LogP contribution in [-0.4, -0.2) is 28.0 Å². The first-order valence-electron chi connectivity index (χ1n) is 7.43. The van der Waals surface area contributed by atoms with Crippen molar-refractivity contribution < 1.29 is 0 Å². The molecule has 6 heteroatoms. The van der Waals surface area contributed by atoms with Gasteiger partial charge < -0.3 is 10.6 Å². The van der Waals surface area contributed by atoms with E-state index in [1.165, 1.54) is 0 Å². The van der Waals surface area contributed by atoms with E-state index in [0.29, 0.717) is 5.92 Å². The molecule has 0 aliphatic carbocycles. The molecule has 2 aromatic heterocycles. The fourth-order valence-corrected chi connectivity index (χ4v) is 2.75. The summed E-state index contributed by atoms with van der Waals surface area (Å²) in [6, 6.07) is 0. The minimum atomic E-state index is 0.368. The summed E-state index contributed by atoms with van der Waals surface area (Å²) in [6.07, 6.45) is 5.46. The summed E-state index contributed by atoms with van der Waals surface area (Å²) in [5.41, 5.74) is 1.16. The Morgan fingerprint density at radius 2 is 1.81 bits per heavy atom. The molecule has 2 aromatic rings. The van der Waals surface area contributed by atoms with Crippen molar-refractivity contribution in [1.82, 2.24) is 15.0 Å². The fourth-order valence-electron chi connectivity index (χ4n) is 2.13. The number of hydrogen-bond acceptors (Lipinski definition) is 6. The van der Waals surface area contributed by atoms with Crippen LogP contribution in [0, 0.1) is 0 Å². The Balaban J connectivity index is 2.06. The molecule has 0 amide bonds. The SMILES string of the molecule is CCCNc1ncnc(NCCc2nccs2)c1C(C)C. The van der Waals surface area contributed by atoms with Gasteiger partial charge in [0.1, 0.15) is 18.0 Å². The Labute approximate surface area is 130 Å². The molecule has 0 saturated heterocycles. The highest BCUT2D eigenvalue weighted by atomic mass is 32.1. The summed E-state index contributed by atoms with van der Waals surface area (Å²) in [4.78, 5) is 13.1. The van der Waals surface area contributed by atoms with Crippen molar-refractivity contribution in [1.29, 1.82) is 0 Å². The average Bonchev–Trinajstić information content (AvgIpc) is 2.98. The summed E-state index contributed by atoms with van der Waals surface area (Å²) in [6.45, 7) is 8.24.